The molecule has 0 saturated heterocycles. The third-order valence-corrected chi connectivity index (χ3v) is 7.91. The average Bonchev–Trinajstić information content (AvgIpc) is 3.53. The Morgan fingerprint density at radius 1 is 0.895 bits per heavy atom. The third kappa shape index (κ3) is 4.64. The summed E-state index contributed by atoms with van der Waals surface area (Å²) in [6.07, 6.45) is 3.56. The number of carbonyl (C=O) groups excluding carboxylic acids is 1. The fourth-order valence-corrected chi connectivity index (χ4v) is 5.67. The molecule has 0 bridgehead atoms. The fourth-order valence-electron chi connectivity index (χ4n) is 5.67. The first-order valence-electron chi connectivity index (χ1n) is 13.4. The van der Waals surface area contributed by atoms with E-state index in [0.717, 1.165) is 28.5 Å². The molecule has 0 fully saturated rings. The van der Waals surface area contributed by atoms with Crippen molar-refractivity contribution >= 4 is 16.8 Å². The van der Waals surface area contributed by atoms with E-state index in [-0.39, 0.29) is 11.9 Å². The van der Waals surface area contributed by atoms with Gasteiger partial charge in [-0.2, -0.15) is 0 Å². The maximum absolute atomic E-state index is 13.9. The molecular formula is C34H33N3O. The molecule has 190 valence electrons. The highest BCUT2D eigenvalue weighted by Crippen LogP contribution is 2.36. The van der Waals surface area contributed by atoms with Gasteiger partial charge in [0.15, 0.2) is 0 Å². The van der Waals surface area contributed by atoms with Gasteiger partial charge in [-0.25, -0.2) is 0 Å². The monoisotopic (exact) mass is 499 g/mol. The topological polar surface area (TPSA) is 56.9 Å². The number of benzene rings is 4. The number of rotatable bonds is 8. The molecule has 1 aromatic heterocycles. The number of fused-ring (bicyclic) bond motifs is 4. The van der Waals surface area contributed by atoms with Gasteiger partial charge in [0.25, 0.3) is 0 Å². The lowest BCUT2D eigenvalue weighted by atomic mass is 9.90. The van der Waals surface area contributed by atoms with E-state index in [2.05, 4.69) is 82.3 Å². The molecule has 1 heterocycles. The maximum atomic E-state index is 13.9. The number of amides is 1. The minimum Gasteiger partial charge on any atom is -0.361 e. The van der Waals surface area contributed by atoms with Crippen LogP contribution in [0.1, 0.15) is 47.7 Å². The molecule has 1 amide bonds. The molecule has 4 nitrogen and oxygen atoms in total. The van der Waals surface area contributed by atoms with Crippen LogP contribution in [0.2, 0.25) is 0 Å². The Morgan fingerprint density at radius 3 is 2.50 bits per heavy atom. The van der Waals surface area contributed by atoms with Crippen LogP contribution in [-0.2, 0) is 24.2 Å². The molecule has 38 heavy (non-hydrogen) atoms. The van der Waals surface area contributed by atoms with Gasteiger partial charge in [0.2, 0.25) is 5.91 Å². The molecule has 1 aliphatic rings. The van der Waals surface area contributed by atoms with Crippen LogP contribution in [-0.4, -0.2) is 16.4 Å². The van der Waals surface area contributed by atoms with Crippen molar-refractivity contribution in [2.45, 2.75) is 44.8 Å². The minimum absolute atomic E-state index is 0.00676. The zero-order valence-electron chi connectivity index (χ0n) is 21.9. The van der Waals surface area contributed by atoms with Crippen LogP contribution in [0.3, 0.4) is 0 Å². The van der Waals surface area contributed by atoms with E-state index >= 15 is 0 Å². The lowest BCUT2D eigenvalue weighted by Gasteiger charge is -2.31. The van der Waals surface area contributed by atoms with Gasteiger partial charge in [0.05, 0.1) is 11.6 Å². The summed E-state index contributed by atoms with van der Waals surface area (Å²) in [6.45, 7) is 4.66. The molecule has 6 rings (SSSR count). The molecule has 1 aliphatic carbocycles. The van der Waals surface area contributed by atoms with E-state index in [0.29, 0.717) is 13.0 Å². The van der Waals surface area contributed by atoms with Crippen LogP contribution in [0.25, 0.3) is 22.0 Å². The van der Waals surface area contributed by atoms with Crippen LogP contribution >= 0.6 is 0 Å². The van der Waals surface area contributed by atoms with Gasteiger partial charge in [-0.15, -0.1) is 0 Å². The summed E-state index contributed by atoms with van der Waals surface area (Å²) < 4.78 is 0. The van der Waals surface area contributed by atoms with Crippen molar-refractivity contribution in [3.05, 3.63) is 131 Å². The summed E-state index contributed by atoms with van der Waals surface area (Å²) in [5.74, 6) is -0.00676. The first kappa shape index (κ1) is 24.2. The van der Waals surface area contributed by atoms with E-state index < -0.39 is 5.54 Å². The van der Waals surface area contributed by atoms with Crippen molar-refractivity contribution in [1.29, 1.82) is 0 Å². The highest BCUT2D eigenvalue weighted by molar-refractivity contribution is 5.89. The van der Waals surface area contributed by atoms with Crippen LogP contribution in [0.4, 0.5) is 0 Å². The van der Waals surface area contributed by atoms with Gasteiger partial charge in [0.1, 0.15) is 0 Å². The summed E-state index contributed by atoms with van der Waals surface area (Å²) in [5, 5.41) is 8.09. The van der Waals surface area contributed by atoms with Gasteiger partial charge in [-0.05, 0) is 65.3 Å². The van der Waals surface area contributed by atoms with Crippen molar-refractivity contribution in [3.8, 4) is 11.1 Å². The first-order chi connectivity index (χ1) is 18.5. The van der Waals surface area contributed by atoms with Gasteiger partial charge in [-0.1, -0.05) is 91.0 Å². The summed E-state index contributed by atoms with van der Waals surface area (Å²) in [6, 6.07) is 33.6. The average molecular weight is 500 g/mol. The number of nitrogens with one attached hydrogen (secondary N) is 3. The predicted octanol–water partition coefficient (Wildman–Crippen LogP) is 6.71. The zero-order valence-corrected chi connectivity index (χ0v) is 21.9. The lowest BCUT2D eigenvalue weighted by Crippen LogP contribution is -2.56. The van der Waals surface area contributed by atoms with Crippen molar-refractivity contribution in [1.82, 2.24) is 15.6 Å². The van der Waals surface area contributed by atoms with Crippen molar-refractivity contribution < 1.29 is 4.79 Å². The second-order valence-corrected chi connectivity index (χ2v) is 10.7. The van der Waals surface area contributed by atoms with Gasteiger partial charge in [-0.3, -0.25) is 10.1 Å². The summed E-state index contributed by atoms with van der Waals surface area (Å²) >= 11 is 0. The summed E-state index contributed by atoms with van der Waals surface area (Å²) in [4.78, 5) is 17.3. The molecule has 0 spiro atoms. The van der Waals surface area contributed by atoms with Crippen LogP contribution in [0, 0.1) is 0 Å². The second-order valence-electron chi connectivity index (χ2n) is 10.7. The molecule has 0 aliphatic heterocycles. The van der Waals surface area contributed by atoms with E-state index in [1.54, 1.807) is 0 Å². The molecule has 3 N–H and O–H groups in total. The van der Waals surface area contributed by atoms with E-state index in [4.69, 9.17) is 0 Å². The highest BCUT2D eigenvalue weighted by Gasteiger charge is 2.35. The van der Waals surface area contributed by atoms with Gasteiger partial charge < -0.3 is 10.3 Å². The Morgan fingerprint density at radius 2 is 1.63 bits per heavy atom. The summed E-state index contributed by atoms with van der Waals surface area (Å²) in [7, 11) is 0. The number of aromatic amines is 1. The SMILES string of the molecule is CC(NC(=O)C(C)(Cc1c[nH]c2ccccc12)NCc1ccc2c(c1)Cc1ccccc1-2)c1ccccc1. The second kappa shape index (κ2) is 9.96. The van der Waals surface area contributed by atoms with Crippen molar-refractivity contribution in [2.24, 2.45) is 0 Å². The molecule has 0 radical (unpaired) electrons. The number of hydrogen-bond acceptors (Lipinski definition) is 2. The largest absolute Gasteiger partial charge is 0.361 e. The van der Waals surface area contributed by atoms with E-state index in [9.17, 15) is 4.79 Å². The van der Waals surface area contributed by atoms with Crippen molar-refractivity contribution in [2.75, 3.05) is 0 Å². The quantitative estimate of drug-likeness (QED) is 0.218. The molecule has 0 saturated carbocycles. The number of aromatic nitrogens is 1. The lowest BCUT2D eigenvalue weighted by molar-refractivity contribution is -0.127. The van der Waals surface area contributed by atoms with E-state index in [1.165, 1.54) is 27.8 Å². The molecule has 4 aromatic carbocycles. The van der Waals surface area contributed by atoms with Crippen LogP contribution < -0.4 is 10.6 Å². The maximum Gasteiger partial charge on any atom is 0.240 e. The Kier molecular flexibility index (Phi) is 6.34. The molecule has 2 unspecified atom stereocenters. The predicted molar refractivity (Wildman–Crippen MR) is 155 cm³/mol. The van der Waals surface area contributed by atoms with Gasteiger partial charge in [0, 0.05) is 30.1 Å². The fraction of sp³-hybridized carbons (Fsp3) is 0.206. The summed E-state index contributed by atoms with van der Waals surface area (Å²) in [5.41, 5.74) is 9.07. The standard InChI is InChI=1S/C34H33N3O/c1-23(25-10-4-3-5-11-25)37-33(38)34(2,20-28-22-35-32-15-9-8-14-31(28)32)36-21-24-16-17-30-27(18-24)19-26-12-6-7-13-29(26)30/h3-18,22-23,35-36H,19-21H2,1-2H3,(H,37,38). The molecule has 5 aromatic rings. The van der Waals surface area contributed by atoms with Crippen LogP contribution in [0.15, 0.2) is 103 Å². The zero-order chi connectivity index (χ0) is 26.1. The Hall–Kier alpha value is -4.15. The third-order valence-electron chi connectivity index (χ3n) is 7.91. The highest BCUT2D eigenvalue weighted by atomic mass is 16.2. The Labute approximate surface area is 224 Å². The number of hydrogen-bond donors (Lipinski definition) is 3. The van der Waals surface area contributed by atoms with Crippen molar-refractivity contribution in [3.63, 3.8) is 0 Å². The molecular weight excluding hydrogens is 466 g/mol. The number of carbonyl (C=O) groups is 1. The van der Waals surface area contributed by atoms with Gasteiger partial charge >= 0.3 is 0 Å². The van der Waals surface area contributed by atoms with E-state index in [1.807, 2.05) is 50.4 Å². The molecule has 2 atom stereocenters. The normalized spacial score (nSPS) is 14.5. The number of H-pyrrole nitrogens is 1. The number of para-hydroxylation sites is 1. The first-order valence-corrected chi connectivity index (χ1v) is 13.4. The molecule has 4 heteroatoms. The Balaban J connectivity index is 1.26. The van der Waals surface area contributed by atoms with Crippen LogP contribution in [0.5, 0.6) is 0 Å². The smallest absolute Gasteiger partial charge is 0.240 e. The minimum atomic E-state index is -0.810. The Bertz CT molecular complexity index is 1600.